The summed E-state index contributed by atoms with van der Waals surface area (Å²) in [5.41, 5.74) is 4.61. The van der Waals surface area contributed by atoms with Crippen LogP contribution in [0.4, 0.5) is 5.69 Å². The van der Waals surface area contributed by atoms with Gasteiger partial charge < -0.3 is 19.5 Å². The van der Waals surface area contributed by atoms with Crippen LogP contribution in [0.2, 0.25) is 25.7 Å². The van der Waals surface area contributed by atoms with E-state index >= 15 is 0 Å². The van der Waals surface area contributed by atoms with Crippen molar-refractivity contribution in [2.24, 2.45) is 0 Å². The number of piperidine rings is 1. The second kappa shape index (κ2) is 9.17. The Hall–Kier alpha value is -1.74. The molecule has 162 valence electrons. The maximum Gasteiger partial charge on any atom is 0.144 e. The van der Waals surface area contributed by atoms with Crippen molar-refractivity contribution in [1.82, 2.24) is 19.2 Å². The van der Waals surface area contributed by atoms with Crippen molar-refractivity contribution < 1.29 is 4.74 Å². The molecule has 0 radical (unpaired) electrons. The van der Waals surface area contributed by atoms with E-state index in [0.717, 1.165) is 30.9 Å². The minimum absolute atomic E-state index is 0.528. The first-order valence-electron chi connectivity index (χ1n) is 10.8. The van der Waals surface area contributed by atoms with Gasteiger partial charge in [0.05, 0.1) is 5.39 Å². The number of fused-ring (bicyclic) bond motifs is 1. The van der Waals surface area contributed by atoms with Crippen LogP contribution < -0.4 is 10.2 Å². The van der Waals surface area contributed by atoms with Crippen molar-refractivity contribution in [2.75, 3.05) is 31.6 Å². The number of nitrogens with zero attached hydrogens (tertiary/aromatic N) is 4. The summed E-state index contributed by atoms with van der Waals surface area (Å²) in [6.07, 6.45) is 8.52. The van der Waals surface area contributed by atoms with E-state index in [-0.39, 0.29) is 0 Å². The van der Waals surface area contributed by atoms with Gasteiger partial charge in [-0.1, -0.05) is 19.6 Å². The summed E-state index contributed by atoms with van der Waals surface area (Å²) in [5.74, 6) is 0. The van der Waals surface area contributed by atoms with Crippen LogP contribution in [0.15, 0.2) is 30.0 Å². The van der Waals surface area contributed by atoms with Crippen molar-refractivity contribution in [3.05, 3.63) is 30.0 Å². The lowest BCUT2D eigenvalue weighted by molar-refractivity contribution is 0.0899. The van der Waals surface area contributed by atoms with Crippen LogP contribution in [0.3, 0.4) is 0 Å². The fourth-order valence-corrected chi connectivity index (χ4v) is 5.38. The van der Waals surface area contributed by atoms with Gasteiger partial charge >= 0.3 is 0 Å². The zero-order valence-electron chi connectivity index (χ0n) is 18.5. The van der Waals surface area contributed by atoms with Crippen LogP contribution in [-0.2, 0) is 11.5 Å². The number of anilines is 1. The largest absolute Gasteiger partial charge is 0.369 e. The number of aromatic nitrogens is 3. The Labute approximate surface area is 184 Å². The molecule has 4 rings (SSSR count). The molecule has 1 atom stereocenters. The van der Waals surface area contributed by atoms with Crippen LogP contribution in [0, 0.1) is 0 Å². The Bertz CT molecular complexity index is 966. The van der Waals surface area contributed by atoms with E-state index in [0.29, 0.717) is 12.8 Å². The molecule has 0 saturated carbocycles. The molecule has 0 amide bonds. The van der Waals surface area contributed by atoms with Gasteiger partial charge in [-0.05, 0) is 43.5 Å². The number of nitrogens with one attached hydrogen (secondary N) is 1. The molecule has 0 unspecified atom stereocenters. The van der Waals surface area contributed by atoms with Gasteiger partial charge in [-0.3, -0.25) is 0 Å². The van der Waals surface area contributed by atoms with E-state index in [4.69, 9.17) is 9.72 Å². The first kappa shape index (κ1) is 21.5. The Morgan fingerprint density at radius 1 is 1.33 bits per heavy atom. The summed E-state index contributed by atoms with van der Waals surface area (Å²) >= 11 is 1.49. The Morgan fingerprint density at radius 2 is 2.20 bits per heavy atom. The third-order valence-electron chi connectivity index (χ3n) is 5.88. The highest BCUT2D eigenvalue weighted by molar-refractivity contribution is 7.03. The highest BCUT2D eigenvalue weighted by Gasteiger charge is 2.24. The van der Waals surface area contributed by atoms with Crippen molar-refractivity contribution in [3.63, 3.8) is 0 Å². The van der Waals surface area contributed by atoms with Crippen LogP contribution >= 0.6 is 11.5 Å². The molecule has 1 N–H and O–H groups in total. The summed E-state index contributed by atoms with van der Waals surface area (Å²) in [5, 5.41) is 6.79. The first-order valence-corrected chi connectivity index (χ1v) is 15.4. The maximum atomic E-state index is 6.08. The van der Waals surface area contributed by atoms with E-state index in [1.54, 1.807) is 0 Å². The molecule has 4 heterocycles. The summed E-state index contributed by atoms with van der Waals surface area (Å²) in [7, 11) is 0.964. The predicted molar refractivity (Wildman–Crippen MR) is 129 cm³/mol. The van der Waals surface area contributed by atoms with Crippen molar-refractivity contribution >= 4 is 36.3 Å². The van der Waals surface area contributed by atoms with E-state index in [1.807, 2.05) is 12.4 Å². The Balaban J connectivity index is 1.69. The van der Waals surface area contributed by atoms with Gasteiger partial charge in [0, 0.05) is 74.6 Å². The molecule has 1 saturated heterocycles. The lowest BCUT2D eigenvalue weighted by Crippen LogP contribution is -2.44. The smallest absolute Gasteiger partial charge is 0.144 e. The minimum Gasteiger partial charge on any atom is -0.369 e. The molecule has 8 heteroatoms. The summed E-state index contributed by atoms with van der Waals surface area (Å²) in [6, 6.07) is 3.87. The first-order chi connectivity index (χ1) is 14.5. The Morgan fingerprint density at radius 3 is 2.93 bits per heavy atom. The fraction of sp³-hybridized carbons (Fsp3) is 0.545. The van der Waals surface area contributed by atoms with Gasteiger partial charge in [-0.15, -0.1) is 0 Å². The predicted octanol–water partition coefficient (Wildman–Crippen LogP) is 4.66. The maximum absolute atomic E-state index is 6.08. The normalized spacial score (nSPS) is 17.7. The summed E-state index contributed by atoms with van der Waals surface area (Å²) in [6.45, 7) is 10.6. The van der Waals surface area contributed by atoms with Gasteiger partial charge in [0.25, 0.3) is 0 Å². The molecule has 1 fully saturated rings. The van der Waals surface area contributed by atoms with Crippen molar-refractivity contribution in [3.8, 4) is 11.1 Å². The number of ether oxygens (including phenoxy) is 1. The fourth-order valence-electron chi connectivity index (χ4n) is 4.09. The number of hydrogen-bond acceptors (Lipinski definition) is 6. The molecule has 3 aromatic rings. The van der Waals surface area contributed by atoms with Crippen LogP contribution in [0.5, 0.6) is 0 Å². The number of rotatable bonds is 8. The van der Waals surface area contributed by atoms with E-state index in [2.05, 4.69) is 63.5 Å². The third-order valence-corrected chi connectivity index (χ3v) is 8.17. The number of likely N-dealkylation sites (N-methyl/N-ethyl adjacent to an activating group) is 1. The molecule has 1 aliphatic rings. The molecule has 6 nitrogen and oxygen atoms in total. The average molecular weight is 444 g/mol. The van der Waals surface area contributed by atoms with Crippen LogP contribution in [0.25, 0.3) is 22.2 Å². The molecular weight excluding hydrogens is 410 g/mol. The second-order valence-corrected chi connectivity index (χ2v) is 15.7. The lowest BCUT2D eigenvalue weighted by Gasteiger charge is -2.34. The Kier molecular flexibility index (Phi) is 6.57. The molecule has 0 aromatic carbocycles. The van der Waals surface area contributed by atoms with Crippen LogP contribution in [0.1, 0.15) is 12.8 Å². The quantitative estimate of drug-likeness (QED) is 0.405. The molecule has 3 aromatic heterocycles. The molecule has 0 spiro atoms. The SMILES string of the molecule is CN[C@H]1CCCN(c2ccnc3c2c(-c2cnsc2)cn3COCC[Si](C)(C)C)C1. The second-order valence-electron chi connectivity index (χ2n) is 9.38. The standard InChI is InChI=1S/C22H33N5OSSi/c1-23-18-6-5-9-26(13-18)20-7-8-24-22-21(20)19(17-12-25-29-15-17)14-27(22)16-28-10-11-30(2,3)4/h7-8,12,14-15,18,23H,5-6,9-11,13,16H2,1-4H3/t18-/m0/s1. The van der Waals surface area contributed by atoms with E-state index in [9.17, 15) is 0 Å². The third kappa shape index (κ3) is 4.77. The number of hydrogen-bond donors (Lipinski definition) is 1. The summed E-state index contributed by atoms with van der Waals surface area (Å²) in [4.78, 5) is 7.27. The molecule has 0 bridgehead atoms. The zero-order chi connectivity index (χ0) is 21.1. The molecular formula is C22H33N5OSSi. The van der Waals surface area contributed by atoms with Gasteiger partial charge in [0.2, 0.25) is 0 Å². The highest BCUT2D eigenvalue weighted by atomic mass is 32.1. The van der Waals surface area contributed by atoms with Gasteiger partial charge in [0.15, 0.2) is 0 Å². The number of pyridine rings is 1. The van der Waals surface area contributed by atoms with Gasteiger partial charge in [-0.25, -0.2) is 9.36 Å². The van der Waals surface area contributed by atoms with E-state index in [1.165, 1.54) is 47.1 Å². The topological polar surface area (TPSA) is 55.2 Å². The van der Waals surface area contributed by atoms with Gasteiger partial charge in [0.1, 0.15) is 12.4 Å². The van der Waals surface area contributed by atoms with Gasteiger partial charge in [-0.2, -0.15) is 0 Å². The molecule has 0 aliphatic carbocycles. The van der Waals surface area contributed by atoms with Crippen molar-refractivity contribution in [2.45, 2.75) is 51.3 Å². The zero-order valence-corrected chi connectivity index (χ0v) is 20.3. The molecule has 30 heavy (non-hydrogen) atoms. The molecule has 1 aliphatic heterocycles. The monoisotopic (exact) mass is 443 g/mol. The highest BCUT2D eigenvalue weighted by Crippen LogP contribution is 2.37. The summed E-state index contributed by atoms with van der Waals surface area (Å²) < 4.78 is 12.6. The van der Waals surface area contributed by atoms with Crippen LogP contribution in [-0.4, -0.2) is 54.8 Å². The minimum atomic E-state index is -1.10. The average Bonchev–Trinajstić information content (AvgIpc) is 3.38. The van der Waals surface area contributed by atoms with E-state index < -0.39 is 8.07 Å². The van der Waals surface area contributed by atoms with Crippen molar-refractivity contribution in [1.29, 1.82) is 0 Å². The lowest BCUT2D eigenvalue weighted by atomic mass is 10.0.